The minimum Gasteiger partial charge on any atom is -0.388 e. The summed E-state index contributed by atoms with van der Waals surface area (Å²) in [7, 11) is 0. The molecule has 0 aromatic carbocycles. The van der Waals surface area contributed by atoms with Crippen molar-refractivity contribution in [3.05, 3.63) is 10.6 Å². The molecule has 0 amide bonds. The van der Waals surface area contributed by atoms with E-state index in [9.17, 15) is 5.11 Å². The zero-order valence-corrected chi connectivity index (χ0v) is 13.5. The minimum absolute atomic E-state index is 0.188. The van der Waals surface area contributed by atoms with E-state index in [1.807, 2.05) is 6.92 Å². The maximum Gasteiger partial charge on any atom is 0.186 e. The molecule has 1 unspecified atom stereocenters. The van der Waals surface area contributed by atoms with Crippen LogP contribution in [0.25, 0.3) is 0 Å². The van der Waals surface area contributed by atoms with Crippen molar-refractivity contribution in [1.29, 1.82) is 0 Å². The van der Waals surface area contributed by atoms with Crippen molar-refractivity contribution < 1.29 is 9.84 Å². The topological polar surface area (TPSA) is 45.6 Å². The van der Waals surface area contributed by atoms with Crippen LogP contribution in [-0.4, -0.2) is 34.4 Å². The van der Waals surface area contributed by atoms with Gasteiger partial charge < -0.3 is 14.7 Å². The summed E-state index contributed by atoms with van der Waals surface area (Å²) < 4.78 is 6.08. The molecule has 0 spiro atoms. The Balaban J connectivity index is 2.28. The van der Waals surface area contributed by atoms with Gasteiger partial charge in [-0.05, 0) is 41.5 Å². The Kier molecular flexibility index (Phi) is 3.66. The molecule has 2 heterocycles. The summed E-state index contributed by atoms with van der Waals surface area (Å²) >= 11 is 1.58. The number of aliphatic hydroxyl groups is 1. The summed E-state index contributed by atoms with van der Waals surface area (Å²) in [6.45, 7) is 13.8. The van der Waals surface area contributed by atoms with Crippen LogP contribution < -0.4 is 4.90 Å². The van der Waals surface area contributed by atoms with E-state index >= 15 is 0 Å². The van der Waals surface area contributed by atoms with Gasteiger partial charge in [-0.25, -0.2) is 4.98 Å². The van der Waals surface area contributed by atoms with Crippen LogP contribution in [-0.2, 0) is 4.74 Å². The Morgan fingerprint density at radius 2 is 1.79 bits per heavy atom. The number of aryl methyl sites for hydroxylation is 1. The molecule has 1 aliphatic rings. The van der Waals surface area contributed by atoms with Crippen molar-refractivity contribution in [1.82, 2.24) is 4.98 Å². The quantitative estimate of drug-likeness (QED) is 0.907. The van der Waals surface area contributed by atoms with Crippen LogP contribution in [0.5, 0.6) is 0 Å². The summed E-state index contributed by atoms with van der Waals surface area (Å²) in [5.74, 6) is 0. The fraction of sp³-hybridized carbons (Fsp3) is 0.786. The van der Waals surface area contributed by atoms with Gasteiger partial charge in [0.1, 0.15) is 0 Å². The van der Waals surface area contributed by atoms with Crippen molar-refractivity contribution in [3.63, 3.8) is 0 Å². The predicted octanol–water partition coefficient (Wildman–Crippen LogP) is 2.90. The van der Waals surface area contributed by atoms with Crippen LogP contribution in [0, 0.1) is 6.92 Å². The Hall–Kier alpha value is -0.650. The third-order valence-electron chi connectivity index (χ3n) is 3.17. The largest absolute Gasteiger partial charge is 0.388 e. The van der Waals surface area contributed by atoms with Crippen LogP contribution in [0.2, 0.25) is 0 Å². The molecule has 5 heteroatoms. The molecule has 108 valence electrons. The fourth-order valence-electron chi connectivity index (χ4n) is 2.84. The van der Waals surface area contributed by atoms with Crippen molar-refractivity contribution >= 4 is 16.5 Å². The number of morpholine rings is 1. The number of hydrogen-bond acceptors (Lipinski definition) is 5. The standard InChI is InChI=1S/C14H24N2O2S/c1-9-11(10(2)17)19-12(15-9)16-7-13(3,4)18-14(5,6)8-16/h10,17H,7-8H2,1-6H3. The first kappa shape index (κ1) is 14.8. The van der Waals surface area contributed by atoms with E-state index in [1.165, 1.54) is 0 Å². The number of rotatable bonds is 2. The summed E-state index contributed by atoms with van der Waals surface area (Å²) in [6.07, 6.45) is -0.451. The molecule has 0 saturated carbocycles. The van der Waals surface area contributed by atoms with Gasteiger partial charge >= 0.3 is 0 Å². The third kappa shape index (κ3) is 3.27. The molecule has 1 N–H and O–H groups in total. The van der Waals surface area contributed by atoms with Crippen LogP contribution in [0.4, 0.5) is 5.13 Å². The van der Waals surface area contributed by atoms with Crippen LogP contribution in [0.1, 0.15) is 51.3 Å². The highest BCUT2D eigenvalue weighted by Gasteiger charge is 2.39. The van der Waals surface area contributed by atoms with Gasteiger partial charge in [-0.1, -0.05) is 11.3 Å². The van der Waals surface area contributed by atoms with E-state index in [4.69, 9.17) is 4.74 Å². The molecule has 0 bridgehead atoms. The number of thiazole rings is 1. The maximum atomic E-state index is 9.75. The maximum absolute atomic E-state index is 9.75. The lowest BCUT2D eigenvalue weighted by molar-refractivity contribution is -0.133. The Bertz CT molecular complexity index is 450. The van der Waals surface area contributed by atoms with Gasteiger partial charge in [-0.15, -0.1) is 0 Å². The van der Waals surface area contributed by atoms with Gasteiger partial charge in [0, 0.05) is 13.1 Å². The molecule has 1 atom stereocenters. The molecular formula is C14H24N2O2S. The monoisotopic (exact) mass is 284 g/mol. The lowest BCUT2D eigenvalue weighted by Gasteiger charge is -2.47. The number of aromatic nitrogens is 1. The number of anilines is 1. The predicted molar refractivity (Wildman–Crippen MR) is 78.9 cm³/mol. The number of nitrogens with zero attached hydrogens (tertiary/aromatic N) is 2. The van der Waals surface area contributed by atoms with E-state index in [0.717, 1.165) is 28.8 Å². The number of aliphatic hydroxyl groups excluding tert-OH is 1. The zero-order chi connectivity index (χ0) is 14.4. The van der Waals surface area contributed by atoms with Gasteiger partial charge in [0.2, 0.25) is 0 Å². The summed E-state index contributed by atoms with van der Waals surface area (Å²) in [4.78, 5) is 7.84. The highest BCUT2D eigenvalue weighted by atomic mass is 32.1. The van der Waals surface area contributed by atoms with Gasteiger partial charge in [0.15, 0.2) is 5.13 Å². The van der Waals surface area contributed by atoms with Crippen molar-refractivity contribution in [2.75, 3.05) is 18.0 Å². The van der Waals surface area contributed by atoms with Gasteiger partial charge in [0.25, 0.3) is 0 Å². The molecule has 0 aliphatic carbocycles. The Morgan fingerprint density at radius 1 is 1.26 bits per heavy atom. The summed E-state index contributed by atoms with van der Waals surface area (Å²) in [6, 6.07) is 0. The molecule has 4 nitrogen and oxygen atoms in total. The first-order chi connectivity index (χ1) is 8.60. The van der Waals surface area contributed by atoms with E-state index in [0.29, 0.717) is 0 Å². The van der Waals surface area contributed by atoms with E-state index in [-0.39, 0.29) is 11.2 Å². The number of ether oxygens (including phenoxy) is 1. The molecule has 0 radical (unpaired) electrons. The molecule has 1 aromatic rings. The smallest absolute Gasteiger partial charge is 0.186 e. The van der Waals surface area contributed by atoms with Gasteiger partial charge in [-0.2, -0.15) is 0 Å². The van der Waals surface area contributed by atoms with E-state index in [2.05, 4.69) is 37.6 Å². The molecule has 19 heavy (non-hydrogen) atoms. The average Bonchev–Trinajstić information content (AvgIpc) is 2.55. The summed E-state index contributed by atoms with van der Waals surface area (Å²) in [5, 5.41) is 10.7. The molecule has 1 saturated heterocycles. The van der Waals surface area contributed by atoms with Crippen LogP contribution in [0.15, 0.2) is 0 Å². The van der Waals surface area contributed by atoms with Crippen molar-refractivity contribution in [2.24, 2.45) is 0 Å². The molecule has 1 aliphatic heterocycles. The van der Waals surface area contributed by atoms with E-state index < -0.39 is 6.10 Å². The molecule has 1 fully saturated rings. The highest BCUT2D eigenvalue weighted by molar-refractivity contribution is 7.15. The lowest BCUT2D eigenvalue weighted by atomic mass is 9.99. The summed E-state index contributed by atoms with van der Waals surface area (Å²) in [5.41, 5.74) is 0.552. The fourth-order valence-corrected chi connectivity index (χ4v) is 3.84. The first-order valence-electron chi connectivity index (χ1n) is 6.70. The third-order valence-corrected chi connectivity index (χ3v) is 4.56. The van der Waals surface area contributed by atoms with Gasteiger partial charge in [-0.3, -0.25) is 0 Å². The average molecular weight is 284 g/mol. The molecular weight excluding hydrogens is 260 g/mol. The van der Waals surface area contributed by atoms with E-state index in [1.54, 1.807) is 18.3 Å². The van der Waals surface area contributed by atoms with Crippen molar-refractivity contribution in [2.45, 2.75) is 58.8 Å². The second-order valence-corrected chi connectivity index (χ2v) is 7.61. The molecule has 1 aromatic heterocycles. The van der Waals surface area contributed by atoms with Crippen molar-refractivity contribution in [3.8, 4) is 0 Å². The number of hydrogen-bond donors (Lipinski definition) is 1. The SMILES string of the molecule is Cc1nc(N2CC(C)(C)OC(C)(C)C2)sc1C(C)O. The van der Waals surface area contributed by atoms with Crippen LogP contribution >= 0.6 is 11.3 Å². The second-order valence-electron chi connectivity index (χ2n) is 6.60. The normalized spacial score (nSPS) is 23.4. The highest BCUT2D eigenvalue weighted by Crippen LogP contribution is 2.36. The van der Waals surface area contributed by atoms with Gasteiger partial charge in [0.05, 0.1) is 27.9 Å². The lowest BCUT2D eigenvalue weighted by Crippen LogP contribution is -2.57. The zero-order valence-electron chi connectivity index (χ0n) is 12.6. The molecule has 2 rings (SSSR count). The van der Waals surface area contributed by atoms with Crippen LogP contribution in [0.3, 0.4) is 0 Å². The second kappa shape index (κ2) is 4.72. The first-order valence-corrected chi connectivity index (χ1v) is 7.52. The minimum atomic E-state index is -0.451. The Labute approximate surface area is 119 Å². The Morgan fingerprint density at radius 3 is 2.21 bits per heavy atom.